The molecule has 1 saturated carbocycles. The Morgan fingerprint density at radius 2 is 1.79 bits per heavy atom. The van der Waals surface area contributed by atoms with Crippen LogP contribution in [0.25, 0.3) is 5.57 Å². The first-order chi connectivity index (χ1) is 16.1. The predicted octanol–water partition coefficient (Wildman–Crippen LogP) is 9.42. The van der Waals surface area contributed by atoms with E-state index in [0.717, 1.165) is 43.0 Å². The van der Waals surface area contributed by atoms with Crippen LogP contribution < -0.4 is 5.32 Å². The van der Waals surface area contributed by atoms with Crippen molar-refractivity contribution in [3.8, 4) is 0 Å². The third kappa shape index (κ3) is 7.10. The molecule has 1 aliphatic rings. The number of aryl methyl sites for hydroxylation is 2. The lowest BCUT2D eigenvalue weighted by Crippen LogP contribution is -2.11. The number of anilines is 1. The molecule has 34 heavy (non-hydrogen) atoms. The molecule has 1 N–H and O–H groups in total. The zero-order valence-corrected chi connectivity index (χ0v) is 22.1. The number of hydrogen-bond acceptors (Lipinski definition) is 1. The Morgan fingerprint density at radius 3 is 2.44 bits per heavy atom. The van der Waals surface area contributed by atoms with Gasteiger partial charge in [0.05, 0.1) is 0 Å². The highest BCUT2D eigenvalue weighted by molar-refractivity contribution is 5.70. The average molecular weight is 454 g/mol. The first kappa shape index (κ1) is 25.8. The van der Waals surface area contributed by atoms with Crippen LogP contribution in [-0.2, 0) is 18.3 Å². The van der Waals surface area contributed by atoms with E-state index < -0.39 is 0 Å². The summed E-state index contributed by atoms with van der Waals surface area (Å²) in [4.78, 5) is 0. The minimum Gasteiger partial charge on any atom is -0.356 e. The summed E-state index contributed by atoms with van der Waals surface area (Å²) in [6, 6.07) is 15.7. The van der Waals surface area contributed by atoms with E-state index in [0.29, 0.717) is 0 Å². The van der Waals surface area contributed by atoms with Gasteiger partial charge in [0, 0.05) is 11.4 Å². The van der Waals surface area contributed by atoms with Gasteiger partial charge in [0.15, 0.2) is 0 Å². The fraction of sp³-hybridized carbons (Fsp3) is 0.394. The van der Waals surface area contributed by atoms with Gasteiger partial charge >= 0.3 is 0 Å². The zero-order valence-electron chi connectivity index (χ0n) is 22.1. The monoisotopic (exact) mass is 453 g/mol. The summed E-state index contributed by atoms with van der Waals surface area (Å²) in [5, 5.41) is 3.59. The number of allylic oxidation sites excluding steroid dienone is 4. The molecular formula is C33H43N. The molecule has 0 spiro atoms. The van der Waals surface area contributed by atoms with E-state index >= 15 is 0 Å². The van der Waals surface area contributed by atoms with Crippen molar-refractivity contribution in [3.05, 3.63) is 107 Å². The highest BCUT2D eigenvalue weighted by Crippen LogP contribution is 2.37. The minimum atomic E-state index is 0.170. The SMILES string of the molecule is C=C(Nc1cc(C(=C)CCc2cccc(C(C)(C)C)c2)ccc1CC)/C(C)=C/CC(=C)C1CC1. The van der Waals surface area contributed by atoms with Crippen LogP contribution in [0.15, 0.2) is 85.1 Å². The average Bonchev–Trinajstić information content (AvgIpc) is 3.66. The van der Waals surface area contributed by atoms with Gasteiger partial charge in [-0.1, -0.05) is 95.5 Å². The van der Waals surface area contributed by atoms with E-state index in [1.807, 2.05) is 0 Å². The number of hydrogen-bond donors (Lipinski definition) is 1. The summed E-state index contributed by atoms with van der Waals surface area (Å²) >= 11 is 0. The maximum Gasteiger partial charge on any atom is 0.0422 e. The van der Waals surface area contributed by atoms with Crippen molar-refractivity contribution in [2.24, 2.45) is 5.92 Å². The lowest BCUT2D eigenvalue weighted by atomic mass is 9.85. The largest absolute Gasteiger partial charge is 0.356 e. The first-order valence-electron chi connectivity index (χ1n) is 12.8. The molecule has 0 heterocycles. The second-order valence-electron chi connectivity index (χ2n) is 10.9. The predicted molar refractivity (Wildman–Crippen MR) is 151 cm³/mol. The van der Waals surface area contributed by atoms with E-state index in [-0.39, 0.29) is 5.41 Å². The van der Waals surface area contributed by atoms with Crippen molar-refractivity contribution in [1.29, 1.82) is 0 Å². The maximum absolute atomic E-state index is 4.42. The number of benzene rings is 2. The fourth-order valence-electron chi connectivity index (χ4n) is 4.18. The van der Waals surface area contributed by atoms with Crippen LogP contribution in [0.5, 0.6) is 0 Å². The molecule has 0 aliphatic heterocycles. The molecule has 0 radical (unpaired) electrons. The van der Waals surface area contributed by atoms with Crippen LogP contribution in [0.3, 0.4) is 0 Å². The van der Waals surface area contributed by atoms with Crippen LogP contribution in [0.4, 0.5) is 5.69 Å². The second-order valence-corrected chi connectivity index (χ2v) is 10.9. The summed E-state index contributed by atoms with van der Waals surface area (Å²) < 4.78 is 0. The van der Waals surface area contributed by atoms with Gasteiger partial charge in [0.25, 0.3) is 0 Å². The van der Waals surface area contributed by atoms with Gasteiger partial charge in [-0.25, -0.2) is 0 Å². The van der Waals surface area contributed by atoms with E-state index in [1.54, 1.807) is 0 Å². The van der Waals surface area contributed by atoms with Gasteiger partial charge in [-0.15, -0.1) is 0 Å². The van der Waals surface area contributed by atoms with E-state index in [4.69, 9.17) is 0 Å². The Labute approximate surface area is 208 Å². The summed E-state index contributed by atoms with van der Waals surface area (Å²) in [7, 11) is 0. The van der Waals surface area contributed by atoms with Gasteiger partial charge in [-0.05, 0) is 96.2 Å². The highest BCUT2D eigenvalue weighted by atomic mass is 14.9. The summed E-state index contributed by atoms with van der Waals surface area (Å²) in [5.74, 6) is 0.746. The smallest absolute Gasteiger partial charge is 0.0422 e. The standard InChI is InChI=1S/C33H43N/c1-9-28-17-20-30(25(4)15-16-27-11-10-12-31(21-27)33(6,7)8)22-32(28)34-26(5)23(2)13-14-24(3)29-18-19-29/h10-13,17,20-22,29,34H,3-5,9,14-16,18-19H2,1-2,6-8H3/b23-13+. The molecular weight excluding hydrogens is 410 g/mol. The fourth-order valence-corrected chi connectivity index (χ4v) is 4.18. The molecule has 1 fully saturated rings. The molecule has 0 amide bonds. The third-order valence-electron chi connectivity index (χ3n) is 6.99. The van der Waals surface area contributed by atoms with Gasteiger partial charge in [0.1, 0.15) is 0 Å². The summed E-state index contributed by atoms with van der Waals surface area (Å²) in [6.45, 7) is 24.1. The Morgan fingerprint density at radius 1 is 1.06 bits per heavy atom. The maximum atomic E-state index is 4.42. The van der Waals surface area contributed by atoms with E-state index in [2.05, 4.69) is 108 Å². The second kappa shape index (κ2) is 11.1. The lowest BCUT2D eigenvalue weighted by Gasteiger charge is -2.20. The molecule has 180 valence electrons. The van der Waals surface area contributed by atoms with Gasteiger partial charge in [0.2, 0.25) is 0 Å². The van der Waals surface area contributed by atoms with Crippen LogP contribution in [0.1, 0.15) is 82.6 Å². The summed E-state index contributed by atoms with van der Waals surface area (Å²) in [6.07, 6.45) is 8.75. The van der Waals surface area contributed by atoms with Crippen LogP contribution >= 0.6 is 0 Å². The molecule has 0 saturated heterocycles. The van der Waals surface area contributed by atoms with Gasteiger partial charge < -0.3 is 5.32 Å². The molecule has 1 heteroatoms. The van der Waals surface area contributed by atoms with E-state index in [1.165, 1.54) is 51.8 Å². The van der Waals surface area contributed by atoms with Gasteiger partial charge in [-0.3, -0.25) is 0 Å². The Kier molecular flexibility index (Phi) is 8.42. The van der Waals surface area contributed by atoms with Crippen molar-refractivity contribution in [1.82, 2.24) is 0 Å². The topological polar surface area (TPSA) is 12.0 Å². The van der Waals surface area contributed by atoms with E-state index in [9.17, 15) is 0 Å². The molecule has 2 aromatic carbocycles. The molecule has 0 bridgehead atoms. The molecule has 0 aromatic heterocycles. The van der Waals surface area contributed by atoms with Crippen LogP contribution in [0.2, 0.25) is 0 Å². The highest BCUT2D eigenvalue weighted by Gasteiger charge is 2.23. The zero-order chi connectivity index (χ0) is 24.9. The quantitative estimate of drug-likeness (QED) is 0.264. The van der Waals surface area contributed by atoms with Crippen molar-refractivity contribution in [2.75, 3.05) is 5.32 Å². The molecule has 2 aromatic rings. The van der Waals surface area contributed by atoms with Crippen molar-refractivity contribution >= 4 is 11.3 Å². The van der Waals surface area contributed by atoms with Crippen molar-refractivity contribution in [2.45, 2.75) is 78.6 Å². The Balaban J connectivity index is 1.66. The summed E-state index contributed by atoms with van der Waals surface area (Å²) in [5.41, 5.74) is 11.2. The van der Waals surface area contributed by atoms with Crippen molar-refractivity contribution in [3.63, 3.8) is 0 Å². The Hall–Kier alpha value is -2.80. The minimum absolute atomic E-state index is 0.170. The molecule has 0 unspecified atom stereocenters. The number of nitrogens with one attached hydrogen (secondary N) is 1. The molecule has 0 atom stereocenters. The van der Waals surface area contributed by atoms with Crippen molar-refractivity contribution < 1.29 is 0 Å². The number of rotatable bonds is 11. The molecule has 1 aliphatic carbocycles. The Bertz CT molecular complexity index is 1090. The first-order valence-corrected chi connectivity index (χ1v) is 12.8. The molecule has 1 nitrogen and oxygen atoms in total. The van der Waals surface area contributed by atoms with Crippen LogP contribution in [0, 0.1) is 5.92 Å². The molecule has 3 rings (SSSR count). The van der Waals surface area contributed by atoms with Crippen LogP contribution in [-0.4, -0.2) is 0 Å². The normalized spacial score (nSPS) is 14.1. The lowest BCUT2D eigenvalue weighted by molar-refractivity contribution is 0.589. The van der Waals surface area contributed by atoms with Gasteiger partial charge in [-0.2, -0.15) is 0 Å². The third-order valence-corrected chi connectivity index (χ3v) is 6.99.